The highest BCUT2D eigenvalue weighted by atomic mass is 35.5. The minimum atomic E-state index is -0.105. The molecule has 2 rings (SSSR count). The Morgan fingerprint density at radius 3 is 3.05 bits per heavy atom. The highest BCUT2D eigenvalue weighted by Gasteiger charge is 2.25. The standard InChI is InChI=1S/C14H20ClN3OS/c1-2-20-12-5-4-11(7-12)18-14(19)17-9-10-3-6-13(15)16-8-10/h3,6,8,11-12H,2,4-5,7,9H2,1H3,(H2,17,18,19)/t11-,12-/m0/s1. The van der Waals surface area contributed by atoms with Crippen molar-refractivity contribution in [2.75, 3.05) is 5.75 Å². The minimum Gasteiger partial charge on any atom is -0.335 e. The molecular formula is C14H20ClN3OS. The monoisotopic (exact) mass is 313 g/mol. The predicted molar refractivity (Wildman–Crippen MR) is 84.2 cm³/mol. The summed E-state index contributed by atoms with van der Waals surface area (Å²) in [6.07, 6.45) is 5.03. The first-order valence-electron chi connectivity index (χ1n) is 6.93. The molecule has 0 unspecified atom stereocenters. The zero-order valence-electron chi connectivity index (χ0n) is 11.6. The van der Waals surface area contributed by atoms with E-state index >= 15 is 0 Å². The lowest BCUT2D eigenvalue weighted by molar-refractivity contribution is 0.236. The van der Waals surface area contributed by atoms with Gasteiger partial charge in [-0.3, -0.25) is 0 Å². The molecule has 0 radical (unpaired) electrons. The summed E-state index contributed by atoms with van der Waals surface area (Å²) in [5.74, 6) is 1.15. The number of hydrogen-bond acceptors (Lipinski definition) is 3. The molecule has 0 bridgehead atoms. The van der Waals surface area contributed by atoms with Crippen LogP contribution < -0.4 is 10.6 Å². The van der Waals surface area contributed by atoms with Gasteiger partial charge in [-0.15, -0.1) is 0 Å². The Morgan fingerprint density at radius 2 is 2.35 bits per heavy atom. The van der Waals surface area contributed by atoms with E-state index in [1.165, 1.54) is 6.42 Å². The topological polar surface area (TPSA) is 54.0 Å². The van der Waals surface area contributed by atoms with Gasteiger partial charge in [0.25, 0.3) is 0 Å². The SMILES string of the molecule is CCS[C@H]1CC[C@H](NC(=O)NCc2ccc(Cl)nc2)C1. The van der Waals surface area contributed by atoms with E-state index in [9.17, 15) is 4.79 Å². The van der Waals surface area contributed by atoms with Crippen LogP contribution in [0.1, 0.15) is 31.7 Å². The number of urea groups is 1. The number of rotatable bonds is 5. The van der Waals surface area contributed by atoms with Crippen LogP contribution in [0.2, 0.25) is 5.15 Å². The predicted octanol–water partition coefficient (Wildman–Crippen LogP) is 3.21. The molecule has 0 aromatic carbocycles. The first-order chi connectivity index (χ1) is 9.67. The van der Waals surface area contributed by atoms with Gasteiger partial charge in [0, 0.05) is 24.0 Å². The van der Waals surface area contributed by atoms with Gasteiger partial charge >= 0.3 is 6.03 Å². The van der Waals surface area contributed by atoms with Crippen LogP contribution in [0.15, 0.2) is 18.3 Å². The van der Waals surface area contributed by atoms with Gasteiger partial charge in [-0.05, 0) is 36.6 Å². The number of thioether (sulfide) groups is 1. The number of amides is 2. The molecule has 0 spiro atoms. The second kappa shape index (κ2) is 7.74. The highest BCUT2D eigenvalue weighted by molar-refractivity contribution is 7.99. The van der Waals surface area contributed by atoms with Gasteiger partial charge in [0.05, 0.1) is 0 Å². The Hall–Kier alpha value is -0.940. The van der Waals surface area contributed by atoms with Crippen molar-refractivity contribution >= 4 is 29.4 Å². The molecule has 1 aliphatic rings. The molecule has 1 heterocycles. The molecule has 0 saturated heterocycles. The van der Waals surface area contributed by atoms with Gasteiger partial charge < -0.3 is 10.6 Å². The van der Waals surface area contributed by atoms with E-state index in [0.29, 0.717) is 23.0 Å². The fraction of sp³-hybridized carbons (Fsp3) is 0.571. The quantitative estimate of drug-likeness (QED) is 0.821. The maximum atomic E-state index is 11.8. The van der Waals surface area contributed by atoms with E-state index < -0.39 is 0 Å². The molecule has 1 fully saturated rings. The number of carbonyl (C=O) groups excluding carboxylic acids is 1. The first-order valence-corrected chi connectivity index (χ1v) is 8.36. The van der Waals surface area contributed by atoms with Gasteiger partial charge in [0.1, 0.15) is 5.15 Å². The molecule has 1 saturated carbocycles. The van der Waals surface area contributed by atoms with Crippen LogP contribution in [0.3, 0.4) is 0 Å². The summed E-state index contributed by atoms with van der Waals surface area (Å²) in [4.78, 5) is 15.8. The van der Waals surface area contributed by atoms with Crippen molar-refractivity contribution in [2.24, 2.45) is 0 Å². The molecule has 2 amide bonds. The Kier molecular flexibility index (Phi) is 5.98. The van der Waals surface area contributed by atoms with Crippen molar-refractivity contribution < 1.29 is 4.79 Å². The van der Waals surface area contributed by atoms with Crippen LogP contribution in [-0.4, -0.2) is 28.1 Å². The summed E-state index contributed by atoms with van der Waals surface area (Å²) in [6.45, 7) is 2.65. The van der Waals surface area contributed by atoms with Gasteiger partial charge in [-0.1, -0.05) is 24.6 Å². The largest absolute Gasteiger partial charge is 0.335 e. The number of carbonyl (C=O) groups is 1. The normalized spacial score (nSPS) is 21.7. The molecule has 110 valence electrons. The van der Waals surface area contributed by atoms with E-state index in [-0.39, 0.29) is 6.03 Å². The molecule has 1 aliphatic carbocycles. The van der Waals surface area contributed by atoms with Gasteiger partial charge in [0.2, 0.25) is 0 Å². The molecule has 2 atom stereocenters. The molecule has 0 aliphatic heterocycles. The van der Waals surface area contributed by atoms with Gasteiger partial charge in [-0.2, -0.15) is 11.8 Å². The number of hydrogen-bond donors (Lipinski definition) is 2. The van der Waals surface area contributed by atoms with Gasteiger partial charge in [0.15, 0.2) is 0 Å². The smallest absolute Gasteiger partial charge is 0.315 e. The summed E-state index contributed by atoms with van der Waals surface area (Å²) in [7, 11) is 0. The summed E-state index contributed by atoms with van der Waals surface area (Å²) < 4.78 is 0. The summed E-state index contributed by atoms with van der Waals surface area (Å²) >= 11 is 7.70. The lowest BCUT2D eigenvalue weighted by atomic mass is 10.2. The Bertz CT molecular complexity index is 441. The fourth-order valence-corrected chi connectivity index (χ4v) is 3.64. The highest BCUT2D eigenvalue weighted by Crippen LogP contribution is 2.29. The van der Waals surface area contributed by atoms with Crippen molar-refractivity contribution in [3.8, 4) is 0 Å². The summed E-state index contributed by atoms with van der Waals surface area (Å²) in [5, 5.41) is 7.05. The number of aromatic nitrogens is 1. The lowest BCUT2D eigenvalue weighted by Gasteiger charge is -2.14. The van der Waals surface area contributed by atoms with Crippen molar-refractivity contribution in [1.82, 2.24) is 15.6 Å². The van der Waals surface area contributed by atoms with Crippen molar-refractivity contribution in [2.45, 2.75) is 44.0 Å². The Balaban J connectivity index is 1.69. The average Bonchev–Trinajstić information content (AvgIpc) is 2.86. The van der Waals surface area contributed by atoms with Gasteiger partial charge in [-0.25, -0.2) is 9.78 Å². The molecular weight excluding hydrogens is 294 g/mol. The number of nitrogens with one attached hydrogen (secondary N) is 2. The number of pyridine rings is 1. The lowest BCUT2D eigenvalue weighted by Crippen LogP contribution is -2.40. The molecule has 1 aromatic heterocycles. The second-order valence-corrected chi connectivity index (χ2v) is 6.87. The molecule has 1 aromatic rings. The molecule has 20 heavy (non-hydrogen) atoms. The maximum absolute atomic E-state index is 11.8. The third kappa shape index (κ3) is 4.87. The first kappa shape index (κ1) is 15.4. The van der Waals surface area contributed by atoms with Crippen LogP contribution in [0.4, 0.5) is 4.79 Å². The van der Waals surface area contributed by atoms with E-state index in [0.717, 1.165) is 24.2 Å². The third-order valence-electron chi connectivity index (χ3n) is 3.36. The van der Waals surface area contributed by atoms with E-state index in [2.05, 4.69) is 22.5 Å². The van der Waals surface area contributed by atoms with Crippen LogP contribution >= 0.6 is 23.4 Å². The minimum absolute atomic E-state index is 0.105. The summed E-state index contributed by atoms with van der Waals surface area (Å²) in [5.41, 5.74) is 0.940. The fourth-order valence-electron chi connectivity index (χ4n) is 2.39. The van der Waals surface area contributed by atoms with E-state index in [1.54, 1.807) is 12.3 Å². The zero-order chi connectivity index (χ0) is 14.4. The number of halogens is 1. The van der Waals surface area contributed by atoms with E-state index in [1.807, 2.05) is 17.8 Å². The van der Waals surface area contributed by atoms with Crippen LogP contribution in [-0.2, 0) is 6.54 Å². The van der Waals surface area contributed by atoms with Crippen LogP contribution in [0.5, 0.6) is 0 Å². The molecule has 2 N–H and O–H groups in total. The van der Waals surface area contributed by atoms with E-state index in [4.69, 9.17) is 11.6 Å². The summed E-state index contributed by atoms with van der Waals surface area (Å²) in [6, 6.07) is 3.79. The Labute approximate surface area is 129 Å². The van der Waals surface area contributed by atoms with Crippen LogP contribution in [0, 0.1) is 0 Å². The molecule has 6 heteroatoms. The van der Waals surface area contributed by atoms with Crippen molar-refractivity contribution in [1.29, 1.82) is 0 Å². The second-order valence-electron chi connectivity index (χ2n) is 4.90. The van der Waals surface area contributed by atoms with Crippen molar-refractivity contribution in [3.05, 3.63) is 29.0 Å². The molecule has 4 nitrogen and oxygen atoms in total. The van der Waals surface area contributed by atoms with Crippen molar-refractivity contribution in [3.63, 3.8) is 0 Å². The average molecular weight is 314 g/mol. The Morgan fingerprint density at radius 1 is 1.50 bits per heavy atom. The van der Waals surface area contributed by atoms with Crippen LogP contribution in [0.25, 0.3) is 0 Å². The maximum Gasteiger partial charge on any atom is 0.315 e. The third-order valence-corrected chi connectivity index (χ3v) is 4.82. The number of nitrogens with zero attached hydrogens (tertiary/aromatic N) is 1. The zero-order valence-corrected chi connectivity index (χ0v) is 13.1.